The predicted molar refractivity (Wildman–Crippen MR) is 130 cm³/mol. The Morgan fingerprint density at radius 2 is 1.28 bits per heavy atom. The summed E-state index contributed by atoms with van der Waals surface area (Å²) in [5, 5.41) is 21.4. The van der Waals surface area contributed by atoms with Crippen LogP contribution in [0.1, 0.15) is 28.4 Å². The molecule has 1 fully saturated rings. The molecule has 0 saturated carbocycles. The van der Waals surface area contributed by atoms with Gasteiger partial charge in [-0.25, -0.2) is 4.79 Å². The van der Waals surface area contributed by atoms with Crippen LogP contribution in [-0.2, 0) is 15.1 Å². The second-order valence-electron chi connectivity index (χ2n) is 8.60. The Bertz CT molecular complexity index is 1310. The van der Waals surface area contributed by atoms with Crippen LogP contribution < -0.4 is 11.3 Å². The highest BCUT2D eigenvalue weighted by Gasteiger charge is 2.47. The number of aromatic nitrogens is 1. The van der Waals surface area contributed by atoms with Crippen LogP contribution in [0.4, 0.5) is 0 Å². The van der Waals surface area contributed by atoms with Gasteiger partial charge >= 0.3 is 5.76 Å². The lowest BCUT2D eigenvalue weighted by Crippen LogP contribution is -2.39. The summed E-state index contributed by atoms with van der Waals surface area (Å²) in [5.74, 6) is -0.921. The van der Waals surface area contributed by atoms with E-state index in [1.54, 1.807) is 0 Å². The van der Waals surface area contributed by atoms with Gasteiger partial charge in [-0.3, -0.25) is 9.78 Å². The molecule has 8 heteroatoms. The van der Waals surface area contributed by atoms with E-state index >= 15 is 0 Å². The van der Waals surface area contributed by atoms with E-state index in [0.717, 1.165) is 23.0 Å². The number of hydrogen-bond acceptors (Lipinski definition) is 7. The summed E-state index contributed by atoms with van der Waals surface area (Å²) in [6.45, 7) is -0.109. The fraction of sp³-hybridized carbons (Fsp3) is 0.214. The number of benzene rings is 3. The lowest BCUT2D eigenvalue weighted by molar-refractivity contribution is -0.0831. The Labute approximate surface area is 206 Å². The van der Waals surface area contributed by atoms with Gasteiger partial charge in [0.2, 0.25) is 0 Å². The normalized spacial score (nSPS) is 21.9. The van der Waals surface area contributed by atoms with Crippen molar-refractivity contribution in [3.05, 3.63) is 140 Å². The van der Waals surface area contributed by atoms with Gasteiger partial charge in [0.1, 0.15) is 36.3 Å². The first-order chi connectivity index (χ1) is 17.5. The van der Waals surface area contributed by atoms with E-state index in [-0.39, 0.29) is 12.2 Å². The molecule has 1 aromatic heterocycles. The second kappa shape index (κ2) is 10.0. The molecule has 0 amide bonds. The molecule has 4 atom stereocenters. The summed E-state index contributed by atoms with van der Waals surface area (Å²) in [7, 11) is 0. The fourth-order valence-electron chi connectivity index (χ4n) is 4.68. The molecule has 1 aliphatic heterocycles. The molecule has 1 aliphatic rings. The molecule has 0 spiro atoms. The second-order valence-corrected chi connectivity index (χ2v) is 8.60. The molecule has 8 nitrogen and oxygen atoms in total. The third kappa shape index (κ3) is 4.31. The van der Waals surface area contributed by atoms with Gasteiger partial charge in [-0.1, -0.05) is 91.0 Å². The minimum Gasteiger partial charge on any atom is -0.417 e. The van der Waals surface area contributed by atoms with Crippen molar-refractivity contribution >= 4 is 0 Å². The topological polar surface area (TPSA) is 122 Å². The molecule has 1 saturated heterocycles. The molecule has 3 aromatic carbocycles. The van der Waals surface area contributed by atoms with Crippen LogP contribution in [0, 0.1) is 0 Å². The zero-order valence-corrected chi connectivity index (χ0v) is 19.2. The van der Waals surface area contributed by atoms with E-state index in [4.69, 9.17) is 13.9 Å². The first-order valence-electron chi connectivity index (χ1n) is 11.5. The molecular formula is C28H25NO7. The van der Waals surface area contributed by atoms with E-state index < -0.39 is 41.3 Å². The SMILES string of the molecule is O=c1[nH]c(=O)c(C2OC(COC(c3ccccc3)(c3ccccc3)c3ccccc3)C(O)C2O)co1. The standard InChI is InChI=1S/C28H25NO7/c30-23-22(36-25(24(23)31)21-16-34-27(33)29-26(21)32)17-35-28(18-10-4-1-5-11-18,19-12-6-2-7-13-19)20-14-8-3-9-15-20/h1-16,22-25,30-31H,17H2,(H,29,32,33). The number of aliphatic hydroxyl groups is 2. The highest BCUT2D eigenvalue weighted by Crippen LogP contribution is 2.42. The van der Waals surface area contributed by atoms with E-state index in [1.165, 1.54) is 0 Å². The molecule has 5 rings (SSSR count). The lowest BCUT2D eigenvalue weighted by Gasteiger charge is -2.37. The average Bonchev–Trinajstić information content (AvgIpc) is 3.19. The van der Waals surface area contributed by atoms with Crippen LogP contribution in [0.5, 0.6) is 0 Å². The van der Waals surface area contributed by atoms with E-state index in [9.17, 15) is 19.8 Å². The first-order valence-corrected chi connectivity index (χ1v) is 11.5. The number of nitrogens with one attached hydrogen (secondary N) is 1. The van der Waals surface area contributed by atoms with Crippen LogP contribution in [0.15, 0.2) is 111 Å². The molecule has 4 unspecified atom stereocenters. The summed E-state index contributed by atoms with van der Waals surface area (Å²) >= 11 is 0. The van der Waals surface area contributed by atoms with Gasteiger partial charge in [-0.15, -0.1) is 0 Å². The minimum atomic E-state index is -1.42. The Hall–Kier alpha value is -3.82. The number of hydrogen-bond donors (Lipinski definition) is 3. The molecule has 2 heterocycles. The Morgan fingerprint density at radius 1 is 0.778 bits per heavy atom. The van der Waals surface area contributed by atoms with Crippen LogP contribution in [0.25, 0.3) is 0 Å². The molecular weight excluding hydrogens is 462 g/mol. The number of H-pyrrole nitrogens is 1. The predicted octanol–water partition coefficient (Wildman–Crippen LogP) is 2.50. The lowest BCUT2D eigenvalue weighted by atomic mass is 9.80. The fourth-order valence-corrected chi connectivity index (χ4v) is 4.68. The average molecular weight is 488 g/mol. The zero-order valence-electron chi connectivity index (χ0n) is 19.2. The van der Waals surface area contributed by atoms with Crippen molar-refractivity contribution < 1.29 is 24.1 Å². The first kappa shape index (κ1) is 23.9. The number of aromatic amines is 1. The van der Waals surface area contributed by atoms with Gasteiger partial charge in [0, 0.05) is 0 Å². The van der Waals surface area contributed by atoms with Crippen LogP contribution in [0.3, 0.4) is 0 Å². The molecule has 184 valence electrons. The van der Waals surface area contributed by atoms with Crippen molar-refractivity contribution in [3.8, 4) is 0 Å². The molecule has 0 bridgehead atoms. The quantitative estimate of drug-likeness (QED) is 0.343. The van der Waals surface area contributed by atoms with E-state index in [2.05, 4.69) is 0 Å². The minimum absolute atomic E-state index is 0.0934. The van der Waals surface area contributed by atoms with E-state index in [0.29, 0.717) is 0 Å². The summed E-state index contributed by atoms with van der Waals surface area (Å²) in [6, 6.07) is 29.1. The van der Waals surface area contributed by atoms with E-state index in [1.807, 2.05) is 96.0 Å². The largest absolute Gasteiger partial charge is 0.419 e. The van der Waals surface area contributed by atoms with Crippen LogP contribution in [-0.4, -0.2) is 40.1 Å². The molecule has 36 heavy (non-hydrogen) atoms. The molecule has 0 aliphatic carbocycles. The number of aliphatic hydroxyl groups excluding tert-OH is 2. The Balaban J connectivity index is 1.52. The maximum absolute atomic E-state index is 12.2. The van der Waals surface area contributed by atoms with Crippen LogP contribution in [0.2, 0.25) is 0 Å². The zero-order chi connectivity index (χ0) is 25.1. The summed E-state index contributed by atoms with van der Waals surface area (Å²) in [6.07, 6.45) is -3.99. The Morgan fingerprint density at radius 3 is 1.75 bits per heavy atom. The van der Waals surface area contributed by atoms with Gasteiger partial charge in [-0.2, -0.15) is 0 Å². The van der Waals surface area contributed by atoms with Crippen molar-refractivity contribution in [2.24, 2.45) is 0 Å². The Kier molecular flexibility index (Phi) is 6.67. The maximum atomic E-state index is 12.2. The van der Waals surface area contributed by atoms with Gasteiger partial charge in [-0.05, 0) is 16.7 Å². The number of ether oxygens (including phenoxy) is 2. The van der Waals surface area contributed by atoms with Gasteiger partial charge < -0.3 is 24.1 Å². The molecule has 0 radical (unpaired) electrons. The van der Waals surface area contributed by atoms with Crippen molar-refractivity contribution in [1.82, 2.24) is 4.98 Å². The highest BCUT2D eigenvalue weighted by molar-refractivity contribution is 5.47. The molecule has 3 N–H and O–H groups in total. The van der Waals surface area contributed by atoms with Crippen LogP contribution >= 0.6 is 0 Å². The third-order valence-electron chi connectivity index (χ3n) is 6.44. The van der Waals surface area contributed by atoms with Crippen molar-refractivity contribution in [3.63, 3.8) is 0 Å². The van der Waals surface area contributed by atoms with Gasteiger partial charge in [0.05, 0.1) is 12.2 Å². The summed E-state index contributed by atoms with van der Waals surface area (Å²) in [4.78, 5) is 25.5. The summed E-state index contributed by atoms with van der Waals surface area (Å²) in [5.41, 5.74) is 0.711. The van der Waals surface area contributed by atoms with Crippen molar-refractivity contribution in [2.45, 2.75) is 30.0 Å². The maximum Gasteiger partial charge on any atom is 0.419 e. The highest BCUT2D eigenvalue weighted by atomic mass is 16.6. The monoisotopic (exact) mass is 487 g/mol. The van der Waals surface area contributed by atoms with Gasteiger partial charge in [0.25, 0.3) is 5.56 Å². The third-order valence-corrected chi connectivity index (χ3v) is 6.44. The van der Waals surface area contributed by atoms with Crippen molar-refractivity contribution in [2.75, 3.05) is 6.61 Å². The summed E-state index contributed by atoms with van der Waals surface area (Å²) < 4.78 is 17.3. The molecule has 4 aromatic rings. The smallest absolute Gasteiger partial charge is 0.417 e. The van der Waals surface area contributed by atoms with Crippen molar-refractivity contribution in [1.29, 1.82) is 0 Å². The van der Waals surface area contributed by atoms with Gasteiger partial charge in [0.15, 0.2) is 0 Å². The number of rotatable bonds is 7.